The molecule has 0 saturated heterocycles. The van der Waals surface area contributed by atoms with Gasteiger partial charge in [-0.3, -0.25) is 0 Å². The molecule has 0 aliphatic heterocycles. The van der Waals surface area contributed by atoms with E-state index in [0.29, 0.717) is 5.56 Å². The van der Waals surface area contributed by atoms with E-state index in [1.807, 2.05) is 60.6 Å². The van der Waals surface area contributed by atoms with Gasteiger partial charge in [-0.15, -0.1) is 9.19 Å². The molecule has 6 nitrogen and oxygen atoms in total. The second-order valence-electron chi connectivity index (χ2n) is 4.63. The number of rotatable bonds is 3. The Morgan fingerprint density at radius 1 is 0.857 bits per heavy atom. The molecule has 2 aromatic heterocycles. The quantitative estimate of drug-likeness (QED) is 0.602. The van der Waals surface area contributed by atoms with Crippen LogP contribution in [0.1, 0.15) is 47.1 Å². The van der Waals surface area contributed by atoms with Crippen LogP contribution < -0.4 is 0 Å². The van der Waals surface area contributed by atoms with Crippen molar-refractivity contribution in [3.8, 4) is 11.4 Å². The second kappa shape index (κ2) is 12.7. The number of nitrogens with zero attached hydrogens (tertiary/aromatic N) is 4. The smallest absolute Gasteiger partial charge is 0.240 e. The van der Waals surface area contributed by atoms with Crippen molar-refractivity contribution >= 4 is 10.0 Å². The molecule has 154 valence electrons. The minimum absolute atomic E-state index is 0.283. The Morgan fingerprint density at radius 2 is 1.43 bits per heavy atom. The van der Waals surface area contributed by atoms with Gasteiger partial charge < -0.3 is 0 Å². The average molecular weight is 409 g/mol. The second-order valence-corrected chi connectivity index (χ2v) is 6.37. The van der Waals surface area contributed by atoms with Gasteiger partial charge in [-0.05, 0) is 19.1 Å². The zero-order valence-electron chi connectivity index (χ0n) is 17.5. The van der Waals surface area contributed by atoms with Crippen LogP contribution in [0, 0.1) is 12.7 Å². The lowest BCUT2D eigenvalue weighted by atomic mass is 10.1. The summed E-state index contributed by atoms with van der Waals surface area (Å²) in [5.41, 5.74) is 1.78. The summed E-state index contributed by atoms with van der Waals surface area (Å²) < 4.78 is 38.2. The van der Waals surface area contributed by atoms with Crippen LogP contribution in [-0.4, -0.2) is 27.6 Å². The first kappa shape index (κ1) is 25.4. The summed E-state index contributed by atoms with van der Waals surface area (Å²) in [6.45, 7) is 13.9. The third-order valence-corrected chi connectivity index (χ3v) is 4.43. The van der Waals surface area contributed by atoms with Crippen LogP contribution >= 0.6 is 0 Å². The Kier molecular flexibility index (Phi) is 11.5. The molecule has 0 bridgehead atoms. The highest BCUT2D eigenvalue weighted by Crippen LogP contribution is 2.17. The van der Waals surface area contributed by atoms with Crippen molar-refractivity contribution in [1.82, 2.24) is 19.2 Å². The summed E-state index contributed by atoms with van der Waals surface area (Å²) in [4.78, 5) is 7.56. The van der Waals surface area contributed by atoms with Crippen molar-refractivity contribution in [2.75, 3.05) is 0 Å². The summed E-state index contributed by atoms with van der Waals surface area (Å²) >= 11 is 0. The monoisotopic (exact) mass is 408 g/mol. The fourth-order valence-corrected chi connectivity index (χ4v) is 2.78. The van der Waals surface area contributed by atoms with Gasteiger partial charge in [0.1, 0.15) is 12.1 Å². The third-order valence-electron chi connectivity index (χ3n) is 2.99. The van der Waals surface area contributed by atoms with Gasteiger partial charge >= 0.3 is 10.0 Å². The summed E-state index contributed by atoms with van der Waals surface area (Å²) in [6, 6.07) is 9.48. The number of benzene rings is 1. The van der Waals surface area contributed by atoms with Crippen molar-refractivity contribution in [2.45, 2.75) is 53.5 Å². The Morgan fingerprint density at radius 3 is 1.93 bits per heavy atom. The molecule has 3 rings (SSSR count). The van der Waals surface area contributed by atoms with E-state index in [2.05, 4.69) is 15.1 Å². The molecule has 0 fully saturated rings. The fraction of sp³-hybridized carbons (Fsp3) is 0.350. The summed E-state index contributed by atoms with van der Waals surface area (Å²) in [5.74, 6) is -0.330. The molecule has 0 radical (unpaired) electrons. The lowest BCUT2D eigenvalue weighted by molar-refractivity contribution is 0.573. The van der Waals surface area contributed by atoms with E-state index in [1.165, 1.54) is 0 Å². The van der Waals surface area contributed by atoms with Crippen LogP contribution in [0.4, 0.5) is 4.39 Å². The van der Waals surface area contributed by atoms with Gasteiger partial charge in [0, 0.05) is 5.56 Å². The van der Waals surface area contributed by atoms with Crippen LogP contribution in [0.5, 0.6) is 0 Å². The molecule has 1 aromatic carbocycles. The Bertz CT molecular complexity index is 906. The molecule has 8 heteroatoms. The summed E-state index contributed by atoms with van der Waals surface area (Å²) in [7, 11) is -3.99. The van der Waals surface area contributed by atoms with Crippen LogP contribution in [0.25, 0.3) is 11.4 Å². The first-order valence-corrected chi connectivity index (χ1v) is 10.8. The predicted octanol–water partition coefficient (Wildman–Crippen LogP) is 5.10. The van der Waals surface area contributed by atoms with Gasteiger partial charge in [0.2, 0.25) is 0 Å². The molecule has 3 aromatic rings. The highest BCUT2D eigenvalue weighted by atomic mass is 32.2. The first-order valence-electron chi connectivity index (χ1n) is 9.33. The average Bonchev–Trinajstić information content (AvgIpc) is 3.25. The van der Waals surface area contributed by atoms with Crippen molar-refractivity contribution in [2.24, 2.45) is 0 Å². The SMILES string of the molecule is CC.CC.CC.Cc1ccc(-c2ncn(S(=O)(=O)c3ccc(F)cn3)n2)cc1. The number of aromatic nitrogens is 4. The zero-order chi connectivity index (χ0) is 21.7. The Labute approximate surface area is 167 Å². The fourth-order valence-electron chi connectivity index (χ4n) is 1.81. The lowest BCUT2D eigenvalue weighted by Gasteiger charge is -2.02. The largest absolute Gasteiger partial charge is 0.301 e. The number of hydrogen-bond donors (Lipinski definition) is 0. The van der Waals surface area contributed by atoms with E-state index in [9.17, 15) is 12.8 Å². The molecule has 0 atom stereocenters. The minimum atomic E-state index is -3.99. The molecule has 0 unspecified atom stereocenters. The van der Waals surface area contributed by atoms with E-state index in [0.717, 1.165) is 34.3 Å². The van der Waals surface area contributed by atoms with Gasteiger partial charge in [0.15, 0.2) is 10.9 Å². The zero-order valence-corrected chi connectivity index (χ0v) is 18.3. The third kappa shape index (κ3) is 6.53. The highest BCUT2D eigenvalue weighted by molar-refractivity contribution is 7.89. The van der Waals surface area contributed by atoms with Gasteiger partial charge in [0.25, 0.3) is 0 Å². The molecule has 0 amide bonds. The molecular formula is C20H29FN4O2S. The molecular weight excluding hydrogens is 379 g/mol. The van der Waals surface area contributed by atoms with Crippen LogP contribution in [0.15, 0.2) is 53.9 Å². The molecule has 0 spiro atoms. The summed E-state index contributed by atoms with van der Waals surface area (Å²) in [6.07, 6.45) is 1.93. The van der Waals surface area contributed by atoms with Crippen LogP contribution in [0.3, 0.4) is 0 Å². The Hall–Kier alpha value is -2.61. The topological polar surface area (TPSA) is 77.7 Å². The van der Waals surface area contributed by atoms with E-state index < -0.39 is 15.8 Å². The molecule has 28 heavy (non-hydrogen) atoms. The van der Waals surface area contributed by atoms with Crippen molar-refractivity contribution < 1.29 is 12.8 Å². The maximum absolute atomic E-state index is 12.8. The molecule has 2 heterocycles. The standard InChI is InChI=1S/C14H11FN4O2S.3C2H6/c1-10-2-4-11(5-3-10)14-17-9-19(18-14)22(20,21)13-7-6-12(15)8-16-13;3*1-2/h2-9H,1H3;3*1-2H3. The molecule has 0 aliphatic rings. The number of hydrogen-bond acceptors (Lipinski definition) is 5. The van der Waals surface area contributed by atoms with E-state index in [-0.39, 0.29) is 10.9 Å². The summed E-state index contributed by atoms with van der Waals surface area (Å²) in [5, 5.41) is 3.67. The predicted molar refractivity (Wildman–Crippen MR) is 111 cm³/mol. The number of pyridine rings is 1. The molecule has 0 aliphatic carbocycles. The van der Waals surface area contributed by atoms with E-state index >= 15 is 0 Å². The van der Waals surface area contributed by atoms with Crippen molar-refractivity contribution in [3.63, 3.8) is 0 Å². The van der Waals surface area contributed by atoms with Gasteiger partial charge in [-0.25, -0.2) is 14.4 Å². The number of halogens is 1. The normalized spacial score (nSPS) is 9.71. The number of aryl methyl sites for hydroxylation is 1. The maximum atomic E-state index is 12.8. The maximum Gasteiger partial charge on any atom is 0.301 e. The van der Waals surface area contributed by atoms with E-state index in [1.54, 1.807) is 12.1 Å². The van der Waals surface area contributed by atoms with Crippen LogP contribution in [0.2, 0.25) is 0 Å². The van der Waals surface area contributed by atoms with Crippen molar-refractivity contribution in [3.05, 3.63) is 60.3 Å². The minimum Gasteiger partial charge on any atom is -0.240 e. The van der Waals surface area contributed by atoms with E-state index in [4.69, 9.17) is 0 Å². The van der Waals surface area contributed by atoms with Crippen LogP contribution in [-0.2, 0) is 10.0 Å². The van der Waals surface area contributed by atoms with Gasteiger partial charge in [0.05, 0.1) is 6.20 Å². The first-order chi connectivity index (χ1) is 13.5. The molecule has 0 saturated carbocycles. The van der Waals surface area contributed by atoms with Crippen molar-refractivity contribution in [1.29, 1.82) is 0 Å². The van der Waals surface area contributed by atoms with Gasteiger partial charge in [-0.2, -0.15) is 8.42 Å². The van der Waals surface area contributed by atoms with Gasteiger partial charge in [-0.1, -0.05) is 71.4 Å². The lowest BCUT2D eigenvalue weighted by Crippen LogP contribution is -2.15. The highest BCUT2D eigenvalue weighted by Gasteiger charge is 2.20. The Balaban J connectivity index is 0.00000111. The molecule has 0 N–H and O–H groups in total.